The maximum Gasteiger partial charge on any atom is 0.273 e. The molecule has 1 aliphatic rings. The van der Waals surface area contributed by atoms with E-state index in [0.29, 0.717) is 57.4 Å². The number of aromatic nitrogens is 2. The normalized spacial score (nSPS) is 14.7. The Morgan fingerprint density at radius 3 is 2.59 bits per heavy atom. The van der Waals surface area contributed by atoms with E-state index >= 15 is 4.39 Å². The van der Waals surface area contributed by atoms with Crippen molar-refractivity contribution in [3.05, 3.63) is 93.4 Å². The Labute approximate surface area is 218 Å². The number of aryl methyl sites for hydroxylation is 1. The van der Waals surface area contributed by atoms with Crippen LogP contribution in [-0.4, -0.2) is 46.9 Å². The van der Waals surface area contributed by atoms with Gasteiger partial charge in [0.25, 0.3) is 5.91 Å². The lowest BCUT2D eigenvalue weighted by atomic mass is 9.94. The van der Waals surface area contributed by atoms with Crippen LogP contribution in [0.25, 0.3) is 11.3 Å². The number of hydrogen-bond acceptors (Lipinski definition) is 5. The molecule has 3 aromatic carbocycles. The quantitative estimate of drug-likeness (QED) is 0.326. The second kappa shape index (κ2) is 9.78. The number of phenols is 1. The highest BCUT2D eigenvalue weighted by Gasteiger charge is 2.43. The monoisotopic (exact) mass is 521 g/mol. The van der Waals surface area contributed by atoms with E-state index in [1.54, 1.807) is 56.4 Å². The van der Waals surface area contributed by atoms with E-state index in [4.69, 9.17) is 21.1 Å². The molecule has 5 rings (SSSR count). The molecule has 1 atom stereocenters. The molecule has 1 amide bonds. The molecular weight excluding hydrogens is 497 g/mol. The molecule has 1 aliphatic heterocycles. The molecule has 4 aromatic rings. The summed E-state index contributed by atoms with van der Waals surface area (Å²) in [5.74, 6) is 0.416. The van der Waals surface area contributed by atoms with Gasteiger partial charge in [0.1, 0.15) is 23.0 Å². The van der Waals surface area contributed by atoms with Crippen LogP contribution in [0, 0.1) is 12.7 Å². The summed E-state index contributed by atoms with van der Waals surface area (Å²) in [6.07, 6.45) is 0.492. The fourth-order valence-corrected chi connectivity index (χ4v) is 4.96. The molecule has 190 valence electrons. The predicted octanol–water partition coefficient (Wildman–Crippen LogP) is 5.69. The Hall–Kier alpha value is -4.04. The summed E-state index contributed by atoms with van der Waals surface area (Å²) >= 11 is 6.35. The highest BCUT2D eigenvalue weighted by Crippen LogP contribution is 2.46. The second-order valence-electron chi connectivity index (χ2n) is 8.84. The van der Waals surface area contributed by atoms with E-state index < -0.39 is 11.9 Å². The number of rotatable bonds is 7. The largest absolute Gasteiger partial charge is 0.507 e. The van der Waals surface area contributed by atoms with Crippen LogP contribution in [0.15, 0.2) is 54.6 Å². The Bertz CT molecular complexity index is 1500. The lowest BCUT2D eigenvalue weighted by Gasteiger charge is -2.27. The van der Waals surface area contributed by atoms with Gasteiger partial charge in [-0.3, -0.25) is 9.89 Å². The minimum Gasteiger partial charge on any atom is -0.507 e. The highest BCUT2D eigenvalue weighted by molar-refractivity contribution is 6.31. The van der Waals surface area contributed by atoms with Crippen LogP contribution >= 0.6 is 11.6 Å². The molecule has 0 spiro atoms. The molecule has 0 saturated heterocycles. The van der Waals surface area contributed by atoms with E-state index in [9.17, 15) is 9.90 Å². The van der Waals surface area contributed by atoms with Crippen molar-refractivity contribution in [2.45, 2.75) is 19.4 Å². The van der Waals surface area contributed by atoms with Gasteiger partial charge in [-0.1, -0.05) is 35.9 Å². The van der Waals surface area contributed by atoms with Gasteiger partial charge in [-0.2, -0.15) is 5.10 Å². The summed E-state index contributed by atoms with van der Waals surface area (Å²) in [4.78, 5) is 15.2. The first kappa shape index (κ1) is 24.6. The SMILES string of the molecule is COc1ccc(CCN2C(=O)c3[nH]nc(-c4cc(Cl)c(C)cc4O)c3C2c2ccccc2F)cc1OC. The summed E-state index contributed by atoms with van der Waals surface area (Å²) in [6.45, 7) is 2.08. The Morgan fingerprint density at radius 1 is 1.11 bits per heavy atom. The second-order valence-corrected chi connectivity index (χ2v) is 9.25. The number of carbonyl (C=O) groups excluding carboxylic acids is 1. The Morgan fingerprint density at radius 2 is 1.86 bits per heavy atom. The minimum absolute atomic E-state index is 0.0280. The number of benzene rings is 3. The van der Waals surface area contributed by atoms with Crippen molar-refractivity contribution >= 4 is 17.5 Å². The van der Waals surface area contributed by atoms with Crippen molar-refractivity contribution in [2.75, 3.05) is 20.8 Å². The van der Waals surface area contributed by atoms with Crippen molar-refractivity contribution in [3.8, 4) is 28.5 Å². The summed E-state index contributed by atoms with van der Waals surface area (Å²) in [6, 6.07) is 14.3. The van der Waals surface area contributed by atoms with Gasteiger partial charge in [0, 0.05) is 28.3 Å². The van der Waals surface area contributed by atoms with Crippen molar-refractivity contribution < 1.29 is 23.8 Å². The number of nitrogens with one attached hydrogen (secondary N) is 1. The topological polar surface area (TPSA) is 87.7 Å². The highest BCUT2D eigenvalue weighted by atomic mass is 35.5. The third kappa shape index (κ3) is 4.27. The third-order valence-corrected chi connectivity index (χ3v) is 7.09. The number of phenolic OH excluding ortho intramolecular Hbond substituents is 1. The standard InChI is InChI=1S/C28H25ClFN3O4/c1-15-12-21(34)18(14-19(15)29)25-24-26(32-31-25)28(35)33(27(24)17-6-4-5-7-20(17)30)11-10-16-8-9-22(36-2)23(13-16)37-3/h4-9,12-14,27,34H,10-11H2,1-3H3,(H,31,32). The summed E-state index contributed by atoms with van der Waals surface area (Å²) in [7, 11) is 3.13. The van der Waals surface area contributed by atoms with Crippen LogP contribution in [0.4, 0.5) is 4.39 Å². The predicted molar refractivity (Wildman–Crippen MR) is 138 cm³/mol. The molecule has 9 heteroatoms. The number of fused-ring (bicyclic) bond motifs is 1. The number of nitrogens with zero attached hydrogens (tertiary/aromatic N) is 2. The molecule has 0 fully saturated rings. The van der Waals surface area contributed by atoms with Gasteiger partial charge < -0.3 is 19.5 Å². The Balaban J connectivity index is 1.58. The summed E-state index contributed by atoms with van der Waals surface area (Å²) < 4.78 is 25.9. The number of halogens is 2. The van der Waals surface area contributed by atoms with Gasteiger partial charge in [0.15, 0.2) is 11.5 Å². The summed E-state index contributed by atoms with van der Waals surface area (Å²) in [5, 5.41) is 18.3. The zero-order valence-corrected chi connectivity index (χ0v) is 21.3. The Kier molecular flexibility index (Phi) is 6.52. The van der Waals surface area contributed by atoms with Gasteiger partial charge in [0.2, 0.25) is 0 Å². The number of aromatic amines is 1. The lowest BCUT2D eigenvalue weighted by molar-refractivity contribution is 0.0744. The van der Waals surface area contributed by atoms with Crippen molar-refractivity contribution in [1.82, 2.24) is 15.1 Å². The van der Waals surface area contributed by atoms with Crippen LogP contribution in [0.3, 0.4) is 0 Å². The van der Waals surface area contributed by atoms with E-state index in [2.05, 4.69) is 10.2 Å². The third-order valence-electron chi connectivity index (χ3n) is 6.69. The molecule has 1 unspecified atom stereocenters. The minimum atomic E-state index is -0.753. The molecule has 2 N–H and O–H groups in total. The average molecular weight is 522 g/mol. The van der Waals surface area contributed by atoms with Crippen LogP contribution in [0.1, 0.15) is 38.8 Å². The van der Waals surface area contributed by atoms with Crippen LogP contribution in [0.5, 0.6) is 17.2 Å². The van der Waals surface area contributed by atoms with Crippen molar-refractivity contribution in [1.29, 1.82) is 0 Å². The van der Waals surface area contributed by atoms with Crippen LogP contribution in [0.2, 0.25) is 5.02 Å². The fraction of sp³-hybridized carbons (Fsp3) is 0.214. The average Bonchev–Trinajstić information content (AvgIpc) is 3.43. The fourth-order valence-electron chi connectivity index (χ4n) is 4.79. The number of carbonyl (C=O) groups is 1. The molecule has 0 saturated carbocycles. The maximum atomic E-state index is 15.1. The molecule has 2 heterocycles. The van der Waals surface area contributed by atoms with Gasteiger partial charge in [-0.25, -0.2) is 4.39 Å². The first-order valence-electron chi connectivity index (χ1n) is 11.7. The van der Waals surface area contributed by atoms with E-state index in [1.165, 1.54) is 6.07 Å². The number of H-pyrrole nitrogens is 1. The van der Waals surface area contributed by atoms with Crippen molar-refractivity contribution in [2.24, 2.45) is 0 Å². The van der Waals surface area contributed by atoms with E-state index in [1.807, 2.05) is 18.2 Å². The number of amides is 1. The van der Waals surface area contributed by atoms with Crippen LogP contribution in [-0.2, 0) is 6.42 Å². The molecule has 1 aromatic heterocycles. The number of ether oxygens (including phenoxy) is 2. The number of methoxy groups -OCH3 is 2. The smallest absolute Gasteiger partial charge is 0.273 e. The van der Waals surface area contributed by atoms with Crippen molar-refractivity contribution in [3.63, 3.8) is 0 Å². The van der Waals surface area contributed by atoms with Gasteiger partial charge >= 0.3 is 0 Å². The number of aromatic hydroxyl groups is 1. The molecular formula is C28H25ClFN3O4. The van der Waals surface area contributed by atoms with E-state index in [-0.39, 0.29) is 17.4 Å². The first-order valence-corrected chi connectivity index (χ1v) is 12.1. The summed E-state index contributed by atoms with van der Waals surface area (Å²) in [5.41, 5.74) is 3.43. The van der Waals surface area contributed by atoms with Crippen LogP contribution < -0.4 is 9.47 Å². The molecule has 37 heavy (non-hydrogen) atoms. The maximum absolute atomic E-state index is 15.1. The first-order chi connectivity index (χ1) is 17.8. The lowest BCUT2D eigenvalue weighted by Crippen LogP contribution is -2.32. The van der Waals surface area contributed by atoms with E-state index in [0.717, 1.165) is 5.56 Å². The molecule has 0 radical (unpaired) electrons. The molecule has 0 bridgehead atoms. The van der Waals surface area contributed by atoms with Gasteiger partial charge in [-0.05, 0) is 54.8 Å². The zero-order valence-electron chi connectivity index (χ0n) is 20.5. The van der Waals surface area contributed by atoms with Gasteiger partial charge in [0.05, 0.1) is 20.3 Å². The van der Waals surface area contributed by atoms with Gasteiger partial charge in [-0.15, -0.1) is 0 Å². The molecule has 7 nitrogen and oxygen atoms in total. The number of hydrogen-bond donors (Lipinski definition) is 2. The molecule has 0 aliphatic carbocycles. The zero-order chi connectivity index (χ0) is 26.3.